The van der Waals surface area contributed by atoms with Gasteiger partial charge in [0.1, 0.15) is 5.82 Å². The van der Waals surface area contributed by atoms with Gasteiger partial charge in [-0.15, -0.1) is 0 Å². The second-order valence-corrected chi connectivity index (χ2v) is 8.05. The third kappa shape index (κ3) is 3.95. The van der Waals surface area contributed by atoms with Crippen molar-refractivity contribution in [3.63, 3.8) is 0 Å². The van der Waals surface area contributed by atoms with E-state index in [1.807, 2.05) is 39.0 Å². The first kappa shape index (κ1) is 20.8. The number of nitrogens with zero attached hydrogens (tertiary/aromatic N) is 3. The molecule has 0 radical (unpaired) electrons. The number of rotatable bonds is 5. The van der Waals surface area contributed by atoms with Gasteiger partial charge in [0.15, 0.2) is 0 Å². The van der Waals surface area contributed by atoms with Gasteiger partial charge >= 0.3 is 0 Å². The summed E-state index contributed by atoms with van der Waals surface area (Å²) >= 11 is 0. The number of benzene rings is 2. The molecule has 31 heavy (non-hydrogen) atoms. The quantitative estimate of drug-likeness (QED) is 0.689. The van der Waals surface area contributed by atoms with Crippen molar-refractivity contribution in [3.05, 3.63) is 69.8 Å². The fraction of sp³-hybridized carbons (Fsp3) is 0.333. The van der Waals surface area contributed by atoms with Gasteiger partial charge in [-0.05, 0) is 56.2 Å². The maximum atomic E-state index is 13.3. The summed E-state index contributed by atoms with van der Waals surface area (Å²) in [6.07, 6.45) is 1.20. The molecule has 0 atom stereocenters. The predicted octanol–water partition coefficient (Wildman–Crippen LogP) is 3.27. The molecule has 0 unspecified atom stereocenters. The van der Waals surface area contributed by atoms with Crippen LogP contribution in [0, 0.1) is 0 Å². The van der Waals surface area contributed by atoms with Crippen LogP contribution in [0.3, 0.4) is 0 Å². The first-order chi connectivity index (χ1) is 14.9. The molecule has 7 heteroatoms. The highest BCUT2D eigenvalue weighted by atomic mass is 16.2. The standard InChI is InChI=1S/C24H26N4O3/c1-4-22(29)27-12-11-16-13-17(9-10-20(16)27)24(31)28(15(2)3)14-21-25-19-8-6-5-7-18(19)23(30)26-21/h5-10,13,15H,4,11-12,14H2,1-3H3,(H,25,26,30). The number of nitrogens with one attached hydrogen (secondary N) is 1. The van der Waals surface area contributed by atoms with Gasteiger partial charge in [-0.25, -0.2) is 4.98 Å². The van der Waals surface area contributed by atoms with E-state index in [2.05, 4.69) is 9.97 Å². The Morgan fingerprint density at radius 2 is 1.97 bits per heavy atom. The third-order valence-electron chi connectivity index (χ3n) is 5.69. The Morgan fingerprint density at radius 1 is 1.19 bits per heavy atom. The van der Waals surface area contributed by atoms with Gasteiger partial charge in [0.2, 0.25) is 5.91 Å². The highest BCUT2D eigenvalue weighted by molar-refractivity contribution is 5.98. The molecule has 0 spiro atoms. The third-order valence-corrected chi connectivity index (χ3v) is 5.69. The largest absolute Gasteiger partial charge is 0.329 e. The Balaban J connectivity index is 1.62. The molecule has 2 aromatic carbocycles. The van der Waals surface area contributed by atoms with Crippen LogP contribution in [0.1, 0.15) is 48.9 Å². The zero-order valence-electron chi connectivity index (χ0n) is 18.0. The van der Waals surface area contributed by atoms with Gasteiger partial charge in [0.05, 0.1) is 17.4 Å². The van der Waals surface area contributed by atoms with Crippen LogP contribution in [-0.4, -0.2) is 39.3 Å². The van der Waals surface area contributed by atoms with Gasteiger partial charge < -0.3 is 14.8 Å². The molecule has 160 valence electrons. The number of carbonyl (C=O) groups is 2. The van der Waals surface area contributed by atoms with Crippen LogP contribution in [0.25, 0.3) is 10.9 Å². The molecule has 1 aromatic heterocycles. The van der Waals surface area contributed by atoms with Crippen LogP contribution < -0.4 is 10.5 Å². The Morgan fingerprint density at radius 3 is 2.71 bits per heavy atom. The summed E-state index contributed by atoms with van der Waals surface area (Å²) in [6, 6.07) is 12.6. The number of aromatic amines is 1. The molecule has 0 bridgehead atoms. The van der Waals surface area contributed by atoms with E-state index < -0.39 is 0 Å². The molecule has 0 fully saturated rings. The van der Waals surface area contributed by atoms with Crippen molar-refractivity contribution in [2.24, 2.45) is 0 Å². The van der Waals surface area contributed by atoms with E-state index in [9.17, 15) is 14.4 Å². The highest BCUT2D eigenvalue weighted by Crippen LogP contribution is 2.30. The van der Waals surface area contributed by atoms with Gasteiger partial charge in [-0.2, -0.15) is 0 Å². The lowest BCUT2D eigenvalue weighted by Gasteiger charge is -2.26. The number of anilines is 1. The molecular weight excluding hydrogens is 392 g/mol. The Bertz CT molecular complexity index is 1210. The number of para-hydroxylation sites is 1. The summed E-state index contributed by atoms with van der Waals surface area (Å²) in [7, 11) is 0. The van der Waals surface area contributed by atoms with E-state index in [0.717, 1.165) is 17.7 Å². The molecule has 0 saturated heterocycles. The van der Waals surface area contributed by atoms with Gasteiger partial charge in [-0.1, -0.05) is 19.1 Å². The zero-order chi connectivity index (χ0) is 22.1. The Hall–Kier alpha value is -3.48. The van der Waals surface area contributed by atoms with E-state index >= 15 is 0 Å². The molecule has 1 aliphatic heterocycles. The smallest absolute Gasteiger partial charge is 0.258 e. The topological polar surface area (TPSA) is 86.4 Å². The Labute approximate surface area is 180 Å². The van der Waals surface area contributed by atoms with Crippen LogP contribution in [0.4, 0.5) is 5.69 Å². The highest BCUT2D eigenvalue weighted by Gasteiger charge is 2.26. The molecule has 1 aliphatic rings. The molecule has 1 N–H and O–H groups in total. The summed E-state index contributed by atoms with van der Waals surface area (Å²) in [5.74, 6) is 0.411. The number of H-pyrrole nitrogens is 1. The lowest BCUT2D eigenvalue weighted by Crippen LogP contribution is -2.37. The zero-order valence-corrected chi connectivity index (χ0v) is 18.0. The number of carbonyl (C=O) groups excluding carboxylic acids is 2. The van der Waals surface area contributed by atoms with E-state index in [0.29, 0.717) is 35.3 Å². The van der Waals surface area contributed by atoms with Crippen molar-refractivity contribution in [3.8, 4) is 0 Å². The molecule has 4 rings (SSSR count). The van der Waals surface area contributed by atoms with Crippen molar-refractivity contribution in [2.75, 3.05) is 11.4 Å². The van der Waals surface area contributed by atoms with Crippen LogP contribution in [-0.2, 0) is 17.8 Å². The Kier molecular flexibility index (Phi) is 5.59. The van der Waals surface area contributed by atoms with Gasteiger partial charge in [0, 0.05) is 30.3 Å². The lowest BCUT2D eigenvalue weighted by atomic mass is 10.1. The molecule has 7 nitrogen and oxygen atoms in total. The van der Waals surface area contributed by atoms with E-state index in [4.69, 9.17) is 0 Å². The van der Waals surface area contributed by atoms with Crippen LogP contribution in [0.5, 0.6) is 0 Å². The molecule has 0 aliphatic carbocycles. The number of aromatic nitrogens is 2. The number of amides is 2. The van der Waals surface area contributed by atoms with Crippen LogP contribution in [0.15, 0.2) is 47.3 Å². The first-order valence-electron chi connectivity index (χ1n) is 10.6. The minimum Gasteiger partial charge on any atom is -0.329 e. The number of hydrogen-bond acceptors (Lipinski definition) is 4. The average molecular weight is 418 g/mol. The maximum Gasteiger partial charge on any atom is 0.258 e. The predicted molar refractivity (Wildman–Crippen MR) is 120 cm³/mol. The van der Waals surface area contributed by atoms with Crippen molar-refractivity contribution in [1.29, 1.82) is 0 Å². The van der Waals surface area contributed by atoms with Crippen molar-refractivity contribution in [2.45, 2.75) is 46.2 Å². The summed E-state index contributed by atoms with van der Waals surface area (Å²) in [4.78, 5) is 48.7. The van der Waals surface area contributed by atoms with E-state index in [1.165, 1.54) is 0 Å². The average Bonchev–Trinajstić information content (AvgIpc) is 3.19. The fourth-order valence-corrected chi connectivity index (χ4v) is 4.01. The fourth-order valence-electron chi connectivity index (χ4n) is 4.01. The van der Waals surface area contributed by atoms with Gasteiger partial charge in [-0.3, -0.25) is 14.4 Å². The maximum absolute atomic E-state index is 13.3. The van der Waals surface area contributed by atoms with Crippen molar-refractivity contribution >= 4 is 28.4 Å². The monoisotopic (exact) mass is 418 g/mol. The molecular formula is C24H26N4O3. The SMILES string of the molecule is CCC(=O)N1CCc2cc(C(=O)N(Cc3nc4ccccc4c(=O)[nH]3)C(C)C)ccc21. The van der Waals surface area contributed by atoms with Crippen LogP contribution >= 0.6 is 0 Å². The van der Waals surface area contributed by atoms with E-state index in [-0.39, 0.29) is 30.0 Å². The summed E-state index contributed by atoms with van der Waals surface area (Å²) in [6.45, 7) is 6.58. The normalized spacial score (nSPS) is 13.0. The summed E-state index contributed by atoms with van der Waals surface area (Å²) in [5.41, 5.74) is 2.86. The van der Waals surface area contributed by atoms with Crippen molar-refractivity contribution in [1.82, 2.24) is 14.9 Å². The molecule has 3 aromatic rings. The second kappa shape index (κ2) is 8.34. The summed E-state index contributed by atoms with van der Waals surface area (Å²) in [5, 5.41) is 0.526. The minimum absolute atomic E-state index is 0.0873. The first-order valence-corrected chi connectivity index (χ1v) is 10.6. The van der Waals surface area contributed by atoms with Gasteiger partial charge in [0.25, 0.3) is 11.5 Å². The minimum atomic E-state index is -0.213. The summed E-state index contributed by atoms with van der Waals surface area (Å²) < 4.78 is 0. The number of hydrogen-bond donors (Lipinski definition) is 1. The molecule has 2 heterocycles. The molecule has 2 amide bonds. The molecule has 0 saturated carbocycles. The van der Waals surface area contributed by atoms with Crippen LogP contribution in [0.2, 0.25) is 0 Å². The second-order valence-electron chi connectivity index (χ2n) is 8.05. The van der Waals surface area contributed by atoms with E-state index in [1.54, 1.807) is 34.1 Å². The number of fused-ring (bicyclic) bond motifs is 2. The lowest BCUT2D eigenvalue weighted by molar-refractivity contribution is -0.118. The van der Waals surface area contributed by atoms with Crippen molar-refractivity contribution < 1.29 is 9.59 Å².